The molecule has 0 bridgehead atoms. The largest absolute Gasteiger partial charge is 0.385 e. The van der Waals surface area contributed by atoms with Crippen LogP contribution in [0.4, 0.5) is 5.69 Å². The lowest BCUT2D eigenvalue weighted by Crippen LogP contribution is -2.00. The Morgan fingerprint density at radius 2 is 1.85 bits per heavy atom. The Hall–Kier alpha value is -0.630. The predicted octanol–water partition coefficient (Wildman–Crippen LogP) is 3.58. The molecule has 1 aromatic carbocycles. The van der Waals surface area contributed by atoms with Gasteiger partial charge in [0.1, 0.15) is 0 Å². The summed E-state index contributed by atoms with van der Waals surface area (Å²) in [4.78, 5) is 1.01. The van der Waals surface area contributed by atoms with Crippen molar-refractivity contribution in [3.05, 3.63) is 24.3 Å². The molecule has 13 heavy (non-hydrogen) atoms. The summed E-state index contributed by atoms with van der Waals surface area (Å²) in [5.74, 6) is 0. The van der Waals surface area contributed by atoms with Crippen LogP contribution in [0.15, 0.2) is 29.2 Å². The van der Waals surface area contributed by atoms with Gasteiger partial charge in [-0.25, -0.2) is 0 Å². The summed E-state index contributed by atoms with van der Waals surface area (Å²) in [6, 6.07) is 8.14. The molecule has 0 amide bonds. The minimum atomic E-state index is 1.01. The average Bonchev–Trinajstić information content (AvgIpc) is 2.15. The van der Waals surface area contributed by atoms with Crippen LogP contribution in [0.25, 0.3) is 0 Å². The normalized spacial score (nSPS) is 10.0. The van der Waals surface area contributed by atoms with Crippen LogP contribution in [0.1, 0.15) is 26.2 Å². The number of nitrogens with one attached hydrogen (secondary N) is 1. The van der Waals surface area contributed by atoms with Crippen molar-refractivity contribution in [1.29, 1.82) is 0 Å². The minimum Gasteiger partial charge on any atom is -0.385 e. The van der Waals surface area contributed by atoms with Crippen molar-refractivity contribution >= 4 is 18.3 Å². The van der Waals surface area contributed by atoms with E-state index < -0.39 is 0 Å². The summed E-state index contributed by atoms with van der Waals surface area (Å²) in [5.41, 5.74) is 1.19. The number of anilines is 1. The summed E-state index contributed by atoms with van der Waals surface area (Å²) in [5, 5.41) is 3.37. The highest BCUT2D eigenvalue weighted by molar-refractivity contribution is 7.80. The molecule has 0 aromatic heterocycles. The van der Waals surface area contributed by atoms with Gasteiger partial charge >= 0.3 is 0 Å². The number of unbranched alkanes of at least 4 members (excludes halogenated alkanes) is 2. The number of benzene rings is 1. The second kappa shape index (κ2) is 5.92. The van der Waals surface area contributed by atoms with Crippen molar-refractivity contribution in [2.24, 2.45) is 0 Å². The molecule has 0 radical (unpaired) electrons. The second-order valence-corrected chi connectivity index (χ2v) is 3.70. The third kappa shape index (κ3) is 4.23. The molecule has 1 nitrogen and oxygen atoms in total. The van der Waals surface area contributed by atoms with E-state index in [0.29, 0.717) is 0 Å². The molecule has 1 N–H and O–H groups in total. The van der Waals surface area contributed by atoms with Crippen molar-refractivity contribution in [2.75, 3.05) is 11.9 Å². The summed E-state index contributed by atoms with van der Waals surface area (Å²) in [7, 11) is 0. The highest BCUT2D eigenvalue weighted by Crippen LogP contribution is 2.11. The molecule has 1 rings (SSSR count). The molecule has 0 fully saturated rings. The van der Waals surface area contributed by atoms with Gasteiger partial charge in [-0.05, 0) is 30.7 Å². The van der Waals surface area contributed by atoms with Crippen LogP contribution in [-0.2, 0) is 0 Å². The van der Waals surface area contributed by atoms with Gasteiger partial charge in [0, 0.05) is 17.1 Å². The number of hydrogen-bond acceptors (Lipinski definition) is 2. The average molecular weight is 195 g/mol. The van der Waals surface area contributed by atoms with Crippen LogP contribution in [-0.4, -0.2) is 6.54 Å². The molecule has 0 aliphatic heterocycles. The van der Waals surface area contributed by atoms with Crippen molar-refractivity contribution < 1.29 is 0 Å². The van der Waals surface area contributed by atoms with Crippen molar-refractivity contribution in [3.8, 4) is 0 Å². The van der Waals surface area contributed by atoms with E-state index in [1.165, 1.54) is 24.9 Å². The van der Waals surface area contributed by atoms with E-state index in [0.717, 1.165) is 11.4 Å². The molecular formula is C11H17NS. The molecule has 0 atom stereocenters. The van der Waals surface area contributed by atoms with Crippen molar-refractivity contribution in [1.82, 2.24) is 0 Å². The maximum absolute atomic E-state index is 4.23. The molecule has 0 heterocycles. The van der Waals surface area contributed by atoms with Gasteiger partial charge in [0.25, 0.3) is 0 Å². The molecule has 0 saturated carbocycles. The second-order valence-electron chi connectivity index (χ2n) is 3.18. The van der Waals surface area contributed by atoms with Crippen LogP contribution in [0.3, 0.4) is 0 Å². The molecule has 0 unspecified atom stereocenters. The molecule has 2 heteroatoms. The van der Waals surface area contributed by atoms with Gasteiger partial charge in [-0.15, -0.1) is 12.6 Å². The Kier molecular flexibility index (Phi) is 4.76. The Balaban J connectivity index is 2.25. The Morgan fingerprint density at radius 1 is 1.15 bits per heavy atom. The highest BCUT2D eigenvalue weighted by Gasteiger charge is 1.90. The molecule has 0 spiro atoms. The van der Waals surface area contributed by atoms with E-state index in [1.807, 2.05) is 12.1 Å². The van der Waals surface area contributed by atoms with Crippen molar-refractivity contribution in [2.45, 2.75) is 31.1 Å². The molecule has 0 aliphatic rings. The number of thiol groups is 1. The minimum absolute atomic E-state index is 1.01. The lowest BCUT2D eigenvalue weighted by atomic mass is 10.2. The first kappa shape index (κ1) is 10.5. The predicted molar refractivity (Wildman–Crippen MR) is 61.7 cm³/mol. The lowest BCUT2D eigenvalue weighted by Gasteiger charge is -2.05. The van der Waals surface area contributed by atoms with Crippen LogP contribution < -0.4 is 5.32 Å². The van der Waals surface area contributed by atoms with Gasteiger partial charge in [0.15, 0.2) is 0 Å². The standard InChI is InChI=1S/C11H17NS/c1-2-3-4-9-12-10-5-7-11(13)8-6-10/h5-8,12-13H,2-4,9H2,1H3. The van der Waals surface area contributed by atoms with Gasteiger partial charge < -0.3 is 5.32 Å². The fraction of sp³-hybridized carbons (Fsp3) is 0.455. The SMILES string of the molecule is CCCCCNc1ccc(S)cc1. The van der Waals surface area contributed by atoms with E-state index in [4.69, 9.17) is 0 Å². The van der Waals surface area contributed by atoms with E-state index in [-0.39, 0.29) is 0 Å². The van der Waals surface area contributed by atoms with Crippen LogP contribution in [0, 0.1) is 0 Å². The van der Waals surface area contributed by atoms with Crippen LogP contribution >= 0.6 is 12.6 Å². The van der Waals surface area contributed by atoms with Crippen molar-refractivity contribution in [3.63, 3.8) is 0 Å². The third-order valence-corrected chi connectivity index (χ3v) is 2.27. The zero-order chi connectivity index (χ0) is 9.52. The molecule has 0 aliphatic carbocycles. The fourth-order valence-electron chi connectivity index (χ4n) is 1.19. The monoisotopic (exact) mass is 195 g/mol. The molecular weight excluding hydrogens is 178 g/mol. The lowest BCUT2D eigenvalue weighted by molar-refractivity contribution is 0.744. The number of rotatable bonds is 5. The zero-order valence-corrected chi connectivity index (χ0v) is 8.98. The van der Waals surface area contributed by atoms with Gasteiger partial charge in [-0.3, -0.25) is 0 Å². The van der Waals surface area contributed by atoms with Gasteiger partial charge in [-0.1, -0.05) is 19.8 Å². The molecule has 0 saturated heterocycles. The first-order chi connectivity index (χ1) is 6.33. The number of hydrogen-bond donors (Lipinski definition) is 2. The van der Waals surface area contributed by atoms with E-state index in [2.05, 4.69) is 37.0 Å². The summed E-state index contributed by atoms with van der Waals surface area (Å²) >= 11 is 4.23. The van der Waals surface area contributed by atoms with Gasteiger partial charge in [0.05, 0.1) is 0 Å². The van der Waals surface area contributed by atoms with E-state index in [1.54, 1.807) is 0 Å². The summed E-state index contributed by atoms with van der Waals surface area (Å²) in [6.07, 6.45) is 3.83. The Bertz CT molecular complexity index is 230. The summed E-state index contributed by atoms with van der Waals surface area (Å²) in [6.45, 7) is 3.29. The maximum Gasteiger partial charge on any atom is 0.0340 e. The van der Waals surface area contributed by atoms with Gasteiger partial charge in [-0.2, -0.15) is 0 Å². The Morgan fingerprint density at radius 3 is 2.46 bits per heavy atom. The first-order valence-corrected chi connectivity index (χ1v) is 5.30. The summed E-state index contributed by atoms with van der Waals surface area (Å²) < 4.78 is 0. The quantitative estimate of drug-likeness (QED) is 0.540. The maximum atomic E-state index is 4.23. The van der Waals surface area contributed by atoms with Crippen LogP contribution in [0.2, 0.25) is 0 Å². The smallest absolute Gasteiger partial charge is 0.0340 e. The third-order valence-electron chi connectivity index (χ3n) is 1.98. The zero-order valence-electron chi connectivity index (χ0n) is 8.09. The van der Waals surface area contributed by atoms with Crippen LogP contribution in [0.5, 0.6) is 0 Å². The molecule has 72 valence electrons. The molecule has 1 aromatic rings. The van der Waals surface area contributed by atoms with E-state index in [9.17, 15) is 0 Å². The highest BCUT2D eigenvalue weighted by atomic mass is 32.1. The fourth-order valence-corrected chi connectivity index (χ4v) is 1.34. The topological polar surface area (TPSA) is 12.0 Å². The van der Waals surface area contributed by atoms with Gasteiger partial charge in [0.2, 0.25) is 0 Å². The van der Waals surface area contributed by atoms with E-state index >= 15 is 0 Å². The first-order valence-electron chi connectivity index (χ1n) is 4.86. The Labute approximate surface area is 86.0 Å².